The molecule has 1 fully saturated rings. The number of carbonyl (C=O) groups excluding carboxylic acids is 1. The van der Waals surface area contributed by atoms with E-state index in [9.17, 15) is 9.18 Å². The Balaban J connectivity index is 1.69. The lowest BCUT2D eigenvalue weighted by atomic mass is 10.2. The van der Waals surface area contributed by atoms with Crippen LogP contribution < -0.4 is 4.74 Å². The molecule has 0 bridgehead atoms. The fraction of sp³-hybridized carbons (Fsp3) is 0.222. The number of amides is 1. The zero-order chi connectivity index (χ0) is 17.8. The van der Waals surface area contributed by atoms with E-state index in [4.69, 9.17) is 21.6 Å². The Morgan fingerprint density at radius 1 is 1.40 bits per heavy atom. The van der Waals surface area contributed by atoms with E-state index in [2.05, 4.69) is 0 Å². The minimum absolute atomic E-state index is 0.197. The zero-order valence-corrected chi connectivity index (χ0v) is 14.7. The normalized spacial score (nSPS) is 16.5. The summed E-state index contributed by atoms with van der Waals surface area (Å²) < 4.78 is 19.5. The Kier molecular flexibility index (Phi) is 5.47. The predicted molar refractivity (Wildman–Crippen MR) is 95.0 cm³/mol. The average Bonchev–Trinajstić information content (AvgIpc) is 3.10. The van der Waals surface area contributed by atoms with Crippen molar-refractivity contribution in [2.75, 3.05) is 18.9 Å². The predicted octanol–water partition coefficient (Wildman–Crippen LogP) is 4.00. The third kappa shape index (κ3) is 3.89. The molecule has 1 aliphatic heterocycles. The highest BCUT2D eigenvalue weighted by Gasteiger charge is 2.32. The van der Waals surface area contributed by atoms with E-state index in [0.717, 1.165) is 5.75 Å². The molecule has 1 amide bonds. The van der Waals surface area contributed by atoms with E-state index < -0.39 is 0 Å². The number of thioether (sulfide) groups is 1. The van der Waals surface area contributed by atoms with Crippen LogP contribution >= 0.6 is 23.4 Å². The third-order valence-electron chi connectivity index (χ3n) is 3.79. The number of rotatable bonds is 4. The van der Waals surface area contributed by atoms with Crippen LogP contribution in [0, 0.1) is 17.1 Å². The zero-order valence-electron chi connectivity index (χ0n) is 13.1. The second-order valence-corrected chi connectivity index (χ2v) is 6.97. The lowest BCUT2D eigenvalue weighted by molar-refractivity contribution is -0.133. The highest BCUT2D eigenvalue weighted by molar-refractivity contribution is 7.99. The quantitative estimate of drug-likeness (QED) is 0.809. The van der Waals surface area contributed by atoms with Gasteiger partial charge in [0, 0.05) is 17.9 Å². The summed E-state index contributed by atoms with van der Waals surface area (Å²) >= 11 is 7.57. The number of hydrogen-bond donors (Lipinski definition) is 0. The summed E-state index contributed by atoms with van der Waals surface area (Å²) in [6.07, 6.45) is 0. The van der Waals surface area contributed by atoms with Gasteiger partial charge in [-0.2, -0.15) is 5.26 Å². The molecule has 1 aliphatic rings. The molecule has 0 unspecified atom stereocenters. The number of hydrogen-bond acceptors (Lipinski definition) is 4. The molecular formula is C18H14ClFN2O2S. The van der Waals surface area contributed by atoms with Crippen LogP contribution in [0.2, 0.25) is 5.02 Å². The van der Waals surface area contributed by atoms with Gasteiger partial charge in [-0.25, -0.2) is 4.39 Å². The van der Waals surface area contributed by atoms with Crippen LogP contribution in [0.5, 0.6) is 5.75 Å². The number of benzene rings is 2. The molecule has 1 atom stereocenters. The van der Waals surface area contributed by atoms with Gasteiger partial charge in [-0.15, -0.1) is 11.8 Å². The van der Waals surface area contributed by atoms with Gasteiger partial charge in [0.1, 0.15) is 16.9 Å². The molecule has 0 aliphatic carbocycles. The van der Waals surface area contributed by atoms with E-state index in [1.165, 1.54) is 23.9 Å². The van der Waals surface area contributed by atoms with Crippen molar-refractivity contribution in [3.05, 3.63) is 64.4 Å². The van der Waals surface area contributed by atoms with Crippen LogP contribution in [0.25, 0.3) is 0 Å². The van der Waals surface area contributed by atoms with Crippen LogP contribution in [-0.4, -0.2) is 29.7 Å². The molecule has 4 nitrogen and oxygen atoms in total. The minimum Gasteiger partial charge on any atom is -0.482 e. The molecular weight excluding hydrogens is 363 g/mol. The van der Waals surface area contributed by atoms with Gasteiger partial charge in [0.2, 0.25) is 0 Å². The summed E-state index contributed by atoms with van der Waals surface area (Å²) in [4.78, 5) is 14.1. The second kappa shape index (κ2) is 7.77. The monoisotopic (exact) mass is 376 g/mol. The van der Waals surface area contributed by atoms with Crippen LogP contribution in [0.15, 0.2) is 42.5 Å². The SMILES string of the molecule is N#Cc1ccc(OCC(=O)N2CCS[C@H]2c2ccccc2F)c(Cl)c1. The number of nitrogens with zero attached hydrogens (tertiary/aromatic N) is 2. The topological polar surface area (TPSA) is 53.3 Å². The van der Waals surface area contributed by atoms with Crippen molar-refractivity contribution in [2.45, 2.75) is 5.37 Å². The third-order valence-corrected chi connectivity index (χ3v) is 5.33. The molecule has 7 heteroatoms. The summed E-state index contributed by atoms with van der Waals surface area (Å²) in [5.41, 5.74) is 0.911. The molecule has 128 valence electrons. The molecule has 1 heterocycles. The van der Waals surface area contributed by atoms with Gasteiger partial charge in [0.25, 0.3) is 5.91 Å². The first-order chi connectivity index (χ1) is 12.1. The molecule has 0 aromatic heterocycles. The molecule has 0 saturated carbocycles. The van der Waals surface area contributed by atoms with E-state index in [-0.39, 0.29) is 28.7 Å². The Hall–Kier alpha value is -2.23. The largest absolute Gasteiger partial charge is 0.482 e. The molecule has 2 aromatic carbocycles. The molecule has 1 saturated heterocycles. The van der Waals surface area contributed by atoms with Gasteiger partial charge in [-0.3, -0.25) is 4.79 Å². The summed E-state index contributed by atoms with van der Waals surface area (Å²) in [7, 11) is 0. The molecule has 2 aromatic rings. The van der Waals surface area contributed by atoms with Crippen molar-refractivity contribution < 1.29 is 13.9 Å². The van der Waals surface area contributed by atoms with E-state index in [1.807, 2.05) is 6.07 Å². The molecule has 25 heavy (non-hydrogen) atoms. The van der Waals surface area contributed by atoms with Crippen molar-refractivity contribution in [1.82, 2.24) is 4.90 Å². The lowest BCUT2D eigenvalue weighted by Crippen LogP contribution is -2.34. The van der Waals surface area contributed by atoms with Crippen LogP contribution in [0.3, 0.4) is 0 Å². The Labute approximate surface area is 154 Å². The van der Waals surface area contributed by atoms with Crippen molar-refractivity contribution in [2.24, 2.45) is 0 Å². The summed E-state index contributed by atoms with van der Waals surface area (Å²) in [6.45, 7) is 0.337. The Bertz CT molecular complexity index is 840. The smallest absolute Gasteiger partial charge is 0.261 e. The first-order valence-corrected chi connectivity index (χ1v) is 9.01. The fourth-order valence-corrected chi connectivity index (χ4v) is 4.10. The number of ether oxygens (including phenoxy) is 1. The molecule has 0 spiro atoms. The standard InChI is InChI=1S/C18H14ClFN2O2S/c19-14-9-12(10-21)5-6-16(14)24-11-17(23)22-7-8-25-18(22)13-3-1-2-4-15(13)20/h1-6,9,18H,7-8,11H2/t18-/m0/s1. The fourth-order valence-electron chi connectivity index (χ4n) is 2.57. The molecule has 3 rings (SSSR count). The maximum absolute atomic E-state index is 14.0. The van der Waals surface area contributed by atoms with Gasteiger partial charge >= 0.3 is 0 Å². The number of halogens is 2. The highest BCUT2D eigenvalue weighted by atomic mass is 35.5. The van der Waals surface area contributed by atoms with Crippen LogP contribution in [0.1, 0.15) is 16.5 Å². The van der Waals surface area contributed by atoms with E-state index >= 15 is 0 Å². The van der Waals surface area contributed by atoms with Crippen molar-refractivity contribution in [3.63, 3.8) is 0 Å². The van der Waals surface area contributed by atoms with Gasteiger partial charge in [0.05, 0.1) is 16.7 Å². The first kappa shape index (κ1) is 17.6. The van der Waals surface area contributed by atoms with Crippen molar-refractivity contribution in [1.29, 1.82) is 5.26 Å². The van der Waals surface area contributed by atoms with E-state index in [0.29, 0.717) is 23.4 Å². The van der Waals surface area contributed by atoms with Crippen molar-refractivity contribution in [3.8, 4) is 11.8 Å². The Morgan fingerprint density at radius 3 is 2.92 bits per heavy atom. The summed E-state index contributed by atoms with van der Waals surface area (Å²) in [5, 5.41) is 8.75. The van der Waals surface area contributed by atoms with Gasteiger partial charge < -0.3 is 9.64 Å². The van der Waals surface area contributed by atoms with Gasteiger partial charge in [-0.1, -0.05) is 29.8 Å². The second-order valence-electron chi connectivity index (χ2n) is 5.38. The average molecular weight is 377 g/mol. The highest BCUT2D eigenvalue weighted by Crippen LogP contribution is 2.39. The molecule has 0 N–H and O–H groups in total. The first-order valence-electron chi connectivity index (χ1n) is 7.58. The minimum atomic E-state index is -0.353. The van der Waals surface area contributed by atoms with E-state index in [1.54, 1.807) is 35.2 Å². The maximum Gasteiger partial charge on any atom is 0.261 e. The number of nitriles is 1. The summed E-state index contributed by atoms with van der Waals surface area (Å²) in [6, 6.07) is 13.1. The van der Waals surface area contributed by atoms with Crippen LogP contribution in [0.4, 0.5) is 4.39 Å². The van der Waals surface area contributed by atoms with Crippen LogP contribution in [-0.2, 0) is 4.79 Å². The number of carbonyl (C=O) groups is 1. The lowest BCUT2D eigenvalue weighted by Gasteiger charge is -2.24. The van der Waals surface area contributed by atoms with Gasteiger partial charge in [0.15, 0.2) is 6.61 Å². The molecule has 0 radical (unpaired) electrons. The van der Waals surface area contributed by atoms with Gasteiger partial charge in [-0.05, 0) is 24.3 Å². The summed E-state index contributed by atoms with van der Waals surface area (Å²) in [5.74, 6) is 0.514. The Morgan fingerprint density at radius 2 is 2.20 bits per heavy atom. The maximum atomic E-state index is 14.0. The van der Waals surface area contributed by atoms with Crippen molar-refractivity contribution >= 4 is 29.3 Å².